The Morgan fingerprint density at radius 1 is 1.28 bits per heavy atom. The molecular weight excluding hydrogens is 416 g/mol. The summed E-state index contributed by atoms with van der Waals surface area (Å²) in [5.74, 6) is 5.46. The summed E-state index contributed by atoms with van der Waals surface area (Å²) >= 11 is 0. The molecule has 0 saturated heterocycles. The molecule has 1 atom stereocenters. The molecule has 10 heteroatoms. The predicted molar refractivity (Wildman–Crippen MR) is 112 cm³/mol. The molecule has 0 radical (unpaired) electrons. The minimum atomic E-state index is -0.801. The van der Waals surface area contributed by atoms with Gasteiger partial charge in [0.25, 0.3) is 5.91 Å². The molecular formula is C22H20N4O6. The van der Waals surface area contributed by atoms with Crippen LogP contribution in [0.4, 0.5) is 4.79 Å². The molecule has 1 aromatic carbocycles. The van der Waals surface area contributed by atoms with Crippen molar-refractivity contribution in [2.75, 3.05) is 20.8 Å². The number of pyridine rings is 1. The van der Waals surface area contributed by atoms with Crippen molar-refractivity contribution >= 4 is 24.3 Å². The third-order valence-corrected chi connectivity index (χ3v) is 4.64. The lowest BCUT2D eigenvalue weighted by molar-refractivity contribution is -0.108. The summed E-state index contributed by atoms with van der Waals surface area (Å²) in [5.41, 5.74) is 1.90. The van der Waals surface area contributed by atoms with E-state index in [4.69, 9.17) is 4.74 Å². The second-order valence-corrected chi connectivity index (χ2v) is 6.69. The monoisotopic (exact) mass is 436 g/mol. The number of imide groups is 1. The van der Waals surface area contributed by atoms with Crippen molar-refractivity contribution in [2.45, 2.75) is 12.6 Å². The number of rotatable bonds is 6. The van der Waals surface area contributed by atoms with E-state index >= 15 is 0 Å². The van der Waals surface area contributed by atoms with Crippen molar-refractivity contribution < 1.29 is 28.7 Å². The Morgan fingerprint density at radius 2 is 2.09 bits per heavy atom. The zero-order chi connectivity index (χ0) is 23.1. The second kappa shape index (κ2) is 10.1. The molecule has 1 aromatic heterocycles. The van der Waals surface area contributed by atoms with Crippen LogP contribution in [0.25, 0.3) is 0 Å². The third-order valence-electron chi connectivity index (χ3n) is 4.64. The van der Waals surface area contributed by atoms with E-state index < -0.39 is 18.0 Å². The SMILES string of the molecule is COC(=O)c1cc(C#C[C@H](CN2Cc3ccc(OC)cc3C2=O)NC(=O)NC=O)ccn1. The minimum absolute atomic E-state index is 0.0735. The number of hydrogen-bond donors (Lipinski definition) is 2. The molecule has 0 fully saturated rings. The first-order chi connectivity index (χ1) is 15.4. The number of aromatic nitrogens is 1. The van der Waals surface area contributed by atoms with E-state index in [2.05, 4.69) is 26.9 Å². The molecule has 0 spiro atoms. The number of fused-ring (bicyclic) bond motifs is 1. The van der Waals surface area contributed by atoms with Gasteiger partial charge in [0.2, 0.25) is 6.41 Å². The maximum absolute atomic E-state index is 12.8. The smallest absolute Gasteiger partial charge is 0.356 e. The number of nitrogens with one attached hydrogen (secondary N) is 2. The van der Waals surface area contributed by atoms with Crippen molar-refractivity contribution in [1.82, 2.24) is 20.5 Å². The molecule has 164 valence electrons. The lowest BCUT2D eigenvalue weighted by atomic mass is 10.1. The third kappa shape index (κ3) is 5.20. The first-order valence-corrected chi connectivity index (χ1v) is 9.48. The molecule has 2 N–H and O–H groups in total. The summed E-state index contributed by atoms with van der Waals surface area (Å²) < 4.78 is 9.82. The van der Waals surface area contributed by atoms with E-state index in [0.717, 1.165) is 5.56 Å². The van der Waals surface area contributed by atoms with Crippen LogP contribution < -0.4 is 15.4 Å². The molecule has 1 aliphatic rings. The van der Waals surface area contributed by atoms with Gasteiger partial charge in [0.15, 0.2) is 0 Å². The van der Waals surface area contributed by atoms with Gasteiger partial charge in [0, 0.05) is 23.9 Å². The van der Waals surface area contributed by atoms with Crippen LogP contribution in [-0.4, -0.2) is 61.0 Å². The minimum Gasteiger partial charge on any atom is -0.497 e. The van der Waals surface area contributed by atoms with Crippen LogP contribution in [0.3, 0.4) is 0 Å². The highest BCUT2D eigenvalue weighted by Crippen LogP contribution is 2.26. The average molecular weight is 436 g/mol. The van der Waals surface area contributed by atoms with Gasteiger partial charge in [-0.1, -0.05) is 17.9 Å². The molecule has 3 rings (SSSR count). The highest BCUT2D eigenvalue weighted by molar-refractivity contribution is 5.98. The molecule has 2 heterocycles. The normalized spacial score (nSPS) is 12.7. The van der Waals surface area contributed by atoms with Crippen LogP contribution in [-0.2, 0) is 16.1 Å². The van der Waals surface area contributed by atoms with Gasteiger partial charge in [-0.25, -0.2) is 14.6 Å². The van der Waals surface area contributed by atoms with Crippen LogP contribution in [0.15, 0.2) is 36.5 Å². The largest absolute Gasteiger partial charge is 0.497 e. The Bertz CT molecular complexity index is 1120. The molecule has 2 aromatic rings. The lowest BCUT2D eigenvalue weighted by Crippen LogP contribution is -2.46. The summed E-state index contributed by atoms with van der Waals surface area (Å²) in [4.78, 5) is 52.4. The Balaban J connectivity index is 1.81. The number of esters is 1. The summed E-state index contributed by atoms with van der Waals surface area (Å²) in [6, 6.07) is 6.72. The van der Waals surface area contributed by atoms with Crippen LogP contribution in [0.5, 0.6) is 5.75 Å². The fraction of sp³-hybridized carbons (Fsp3) is 0.227. The molecule has 32 heavy (non-hydrogen) atoms. The van der Waals surface area contributed by atoms with E-state index in [-0.39, 0.29) is 24.6 Å². The van der Waals surface area contributed by atoms with Crippen molar-refractivity contribution in [3.05, 3.63) is 58.9 Å². The Kier molecular flexibility index (Phi) is 7.02. The van der Waals surface area contributed by atoms with Gasteiger partial charge in [-0.2, -0.15) is 0 Å². The number of ether oxygens (including phenoxy) is 2. The highest BCUT2D eigenvalue weighted by atomic mass is 16.5. The van der Waals surface area contributed by atoms with Crippen LogP contribution in [0.2, 0.25) is 0 Å². The zero-order valence-corrected chi connectivity index (χ0v) is 17.4. The molecule has 0 bridgehead atoms. The quantitative estimate of drug-likeness (QED) is 0.388. The highest BCUT2D eigenvalue weighted by Gasteiger charge is 2.29. The first kappa shape index (κ1) is 22.3. The van der Waals surface area contributed by atoms with Crippen molar-refractivity contribution in [2.24, 2.45) is 0 Å². The zero-order valence-electron chi connectivity index (χ0n) is 17.4. The van der Waals surface area contributed by atoms with Gasteiger partial charge in [-0.3, -0.25) is 14.9 Å². The maximum Gasteiger partial charge on any atom is 0.356 e. The van der Waals surface area contributed by atoms with Gasteiger partial charge < -0.3 is 19.7 Å². The van der Waals surface area contributed by atoms with Crippen LogP contribution in [0, 0.1) is 11.8 Å². The first-order valence-electron chi connectivity index (χ1n) is 9.48. The molecule has 0 unspecified atom stereocenters. The Hall–Kier alpha value is -4.39. The van der Waals surface area contributed by atoms with Gasteiger partial charge in [-0.05, 0) is 29.8 Å². The van der Waals surface area contributed by atoms with Gasteiger partial charge in [0.1, 0.15) is 17.5 Å². The molecule has 4 amide bonds. The van der Waals surface area contributed by atoms with E-state index in [1.54, 1.807) is 18.2 Å². The predicted octanol–water partition coefficient (Wildman–Crippen LogP) is 0.708. The lowest BCUT2D eigenvalue weighted by Gasteiger charge is -2.21. The standard InChI is InChI=1S/C22H20N4O6/c1-31-17-6-4-15-11-26(20(28)18(15)10-17)12-16(25-22(30)24-13-27)5-3-14-7-8-23-19(9-14)21(29)32-2/h4,6-10,13,16H,11-12H2,1-2H3,(H2,24,25,27,30)/t16-/m1/s1. The number of hydrogen-bond acceptors (Lipinski definition) is 7. The van der Waals surface area contributed by atoms with Crippen molar-refractivity contribution in [1.29, 1.82) is 0 Å². The average Bonchev–Trinajstić information content (AvgIpc) is 3.11. The van der Waals surface area contributed by atoms with Crippen molar-refractivity contribution in [3.8, 4) is 17.6 Å². The number of urea groups is 1. The number of methoxy groups -OCH3 is 2. The Labute approximate surface area is 183 Å². The fourth-order valence-electron chi connectivity index (χ4n) is 3.11. The van der Waals surface area contributed by atoms with Gasteiger partial charge >= 0.3 is 12.0 Å². The molecule has 10 nitrogen and oxygen atoms in total. The second-order valence-electron chi connectivity index (χ2n) is 6.69. The summed E-state index contributed by atoms with van der Waals surface area (Å²) in [5, 5.41) is 4.54. The van der Waals surface area contributed by atoms with Crippen LogP contribution >= 0.6 is 0 Å². The summed E-state index contributed by atoms with van der Waals surface area (Å²) in [7, 11) is 2.76. The number of carbonyl (C=O) groups excluding carboxylic acids is 4. The van der Waals surface area contributed by atoms with E-state index in [9.17, 15) is 19.2 Å². The van der Waals surface area contributed by atoms with Crippen molar-refractivity contribution in [3.63, 3.8) is 0 Å². The van der Waals surface area contributed by atoms with Crippen LogP contribution in [0.1, 0.15) is 32.0 Å². The number of carbonyl (C=O) groups is 4. The summed E-state index contributed by atoms with van der Waals surface area (Å²) in [6.45, 7) is 0.416. The van der Waals surface area contributed by atoms with E-state index in [0.29, 0.717) is 23.4 Å². The molecule has 1 aliphatic heterocycles. The van der Waals surface area contributed by atoms with Gasteiger partial charge in [0.05, 0.1) is 20.8 Å². The number of nitrogens with zero attached hydrogens (tertiary/aromatic N) is 2. The van der Waals surface area contributed by atoms with E-state index in [1.807, 2.05) is 11.4 Å². The number of amides is 4. The maximum atomic E-state index is 12.8. The summed E-state index contributed by atoms with van der Waals surface area (Å²) in [6.07, 6.45) is 1.65. The van der Waals surface area contributed by atoms with E-state index in [1.165, 1.54) is 31.4 Å². The van der Waals surface area contributed by atoms with Gasteiger partial charge in [-0.15, -0.1) is 0 Å². The Morgan fingerprint density at radius 3 is 2.81 bits per heavy atom. The topological polar surface area (TPSA) is 127 Å². The number of benzene rings is 1. The molecule has 0 saturated carbocycles. The fourth-order valence-corrected chi connectivity index (χ4v) is 3.11. The molecule has 0 aliphatic carbocycles.